The summed E-state index contributed by atoms with van der Waals surface area (Å²) in [6.45, 7) is 1.71. The number of hydrogen-bond donors (Lipinski definition) is 2. The number of carbonyl (C=O) groups is 2. The third-order valence-electron chi connectivity index (χ3n) is 5.41. The average molecular weight is 508 g/mol. The summed E-state index contributed by atoms with van der Waals surface area (Å²) >= 11 is 0. The van der Waals surface area contributed by atoms with Crippen LogP contribution in [0.4, 0.5) is 29.5 Å². The number of hydrogen-bond acceptors (Lipinski definition) is 3. The van der Waals surface area contributed by atoms with Crippen LogP contribution in [0.5, 0.6) is 0 Å². The Labute approximate surface area is 211 Å². The minimum atomic E-state index is -0.925. The molecule has 4 aromatic rings. The van der Waals surface area contributed by atoms with Crippen LogP contribution in [0.3, 0.4) is 0 Å². The van der Waals surface area contributed by atoms with Gasteiger partial charge in [0.25, 0.3) is 0 Å². The predicted molar refractivity (Wildman–Crippen MR) is 135 cm³/mol. The van der Waals surface area contributed by atoms with E-state index in [0.717, 1.165) is 17.7 Å². The lowest BCUT2D eigenvalue weighted by Gasteiger charge is -2.22. The molecule has 0 saturated carbocycles. The van der Waals surface area contributed by atoms with Gasteiger partial charge in [0.15, 0.2) is 0 Å². The molecule has 190 valence electrons. The van der Waals surface area contributed by atoms with Gasteiger partial charge in [-0.05, 0) is 42.8 Å². The lowest BCUT2D eigenvalue weighted by atomic mass is 10.1. The molecule has 0 unspecified atom stereocenters. The Morgan fingerprint density at radius 2 is 1.59 bits per heavy atom. The van der Waals surface area contributed by atoms with Crippen molar-refractivity contribution in [2.45, 2.75) is 13.3 Å². The first kappa shape index (κ1) is 25.5. The lowest BCUT2D eigenvalue weighted by Crippen LogP contribution is -2.41. The smallest absolute Gasteiger partial charge is 0.315 e. The van der Waals surface area contributed by atoms with Gasteiger partial charge < -0.3 is 15.5 Å². The maximum Gasteiger partial charge on any atom is 0.322 e. The van der Waals surface area contributed by atoms with Crippen molar-refractivity contribution in [3.63, 3.8) is 0 Å². The van der Waals surface area contributed by atoms with Gasteiger partial charge in [0, 0.05) is 24.2 Å². The quantitative estimate of drug-likeness (QED) is 0.315. The van der Waals surface area contributed by atoms with Crippen LogP contribution in [-0.4, -0.2) is 39.7 Å². The van der Waals surface area contributed by atoms with E-state index >= 15 is 0 Å². The van der Waals surface area contributed by atoms with Crippen LogP contribution >= 0.6 is 0 Å². The van der Waals surface area contributed by atoms with Gasteiger partial charge in [-0.15, -0.1) is 0 Å². The monoisotopic (exact) mass is 507 g/mol. The summed E-state index contributed by atoms with van der Waals surface area (Å²) in [6.07, 6.45) is 0.540. The summed E-state index contributed by atoms with van der Waals surface area (Å²) in [5.41, 5.74) is 1.71. The van der Waals surface area contributed by atoms with Crippen molar-refractivity contribution in [1.29, 1.82) is 0 Å². The number of carbonyl (C=O) groups excluding carboxylic acids is 2. The highest BCUT2D eigenvalue weighted by atomic mass is 19.1. The van der Waals surface area contributed by atoms with Gasteiger partial charge in [-0.1, -0.05) is 37.3 Å². The number of urea groups is 1. The average Bonchev–Trinajstić information content (AvgIpc) is 3.30. The summed E-state index contributed by atoms with van der Waals surface area (Å²) in [4.78, 5) is 27.0. The number of anilines is 2. The molecule has 3 aromatic carbocycles. The Hall–Kier alpha value is -4.60. The summed E-state index contributed by atoms with van der Waals surface area (Å²) in [6, 6.07) is 18.7. The summed E-state index contributed by atoms with van der Waals surface area (Å²) in [5.74, 6) is -2.31. The zero-order valence-electron chi connectivity index (χ0n) is 19.9. The molecule has 4 rings (SSSR count). The summed E-state index contributed by atoms with van der Waals surface area (Å²) in [7, 11) is 0. The van der Waals surface area contributed by atoms with E-state index < -0.39 is 29.4 Å². The predicted octanol–water partition coefficient (Wildman–Crippen LogP) is 5.84. The van der Waals surface area contributed by atoms with Crippen LogP contribution in [0.25, 0.3) is 16.9 Å². The zero-order chi connectivity index (χ0) is 26.4. The highest BCUT2D eigenvalue weighted by molar-refractivity contribution is 5.97. The third kappa shape index (κ3) is 6.35. The van der Waals surface area contributed by atoms with E-state index in [0.29, 0.717) is 29.7 Å². The van der Waals surface area contributed by atoms with Gasteiger partial charge in [0.05, 0.1) is 17.1 Å². The van der Waals surface area contributed by atoms with E-state index in [1.54, 1.807) is 6.07 Å². The Morgan fingerprint density at radius 3 is 2.27 bits per heavy atom. The van der Waals surface area contributed by atoms with Crippen LogP contribution in [0.1, 0.15) is 13.3 Å². The van der Waals surface area contributed by atoms with Gasteiger partial charge in [-0.2, -0.15) is 5.10 Å². The van der Waals surface area contributed by atoms with Crippen LogP contribution in [0.15, 0.2) is 78.9 Å². The first-order valence-corrected chi connectivity index (χ1v) is 11.6. The second-order valence-corrected chi connectivity index (χ2v) is 8.19. The maximum absolute atomic E-state index is 14.0. The van der Waals surface area contributed by atoms with Gasteiger partial charge in [0.2, 0.25) is 5.91 Å². The van der Waals surface area contributed by atoms with Gasteiger partial charge in [-0.25, -0.2) is 22.6 Å². The standard InChI is InChI=1S/C27H24F3N5O2/c1-2-14-34(27(37)31-23-13-10-20(29)15-22(23)30)17-26(36)32-25-16-24(18-6-4-3-5-7-18)33-35(25)21-11-8-19(28)9-12-21/h3-13,15-16H,2,14,17H2,1H3,(H,31,37)(H,32,36). The molecule has 0 spiro atoms. The molecule has 37 heavy (non-hydrogen) atoms. The first-order chi connectivity index (χ1) is 17.8. The van der Waals surface area contributed by atoms with Gasteiger partial charge in [0.1, 0.15) is 29.8 Å². The highest BCUT2D eigenvalue weighted by Gasteiger charge is 2.20. The van der Waals surface area contributed by atoms with Crippen molar-refractivity contribution in [3.8, 4) is 16.9 Å². The normalized spacial score (nSPS) is 10.7. The number of benzene rings is 3. The Kier molecular flexibility index (Phi) is 7.87. The van der Waals surface area contributed by atoms with Crippen LogP contribution in [0, 0.1) is 17.5 Å². The molecule has 0 aliphatic heterocycles. The van der Waals surface area contributed by atoms with Crippen LogP contribution in [0.2, 0.25) is 0 Å². The molecule has 2 N–H and O–H groups in total. The van der Waals surface area contributed by atoms with Crippen molar-refractivity contribution in [2.24, 2.45) is 0 Å². The molecule has 1 aromatic heterocycles. The van der Waals surface area contributed by atoms with Crippen LogP contribution in [-0.2, 0) is 4.79 Å². The molecule has 0 atom stereocenters. The minimum Gasteiger partial charge on any atom is -0.315 e. The van der Waals surface area contributed by atoms with E-state index in [9.17, 15) is 22.8 Å². The Morgan fingerprint density at radius 1 is 0.892 bits per heavy atom. The SMILES string of the molecule is CCCN(CC(=O)Nc1cc(-c2ccccc2)nn1-c1ccc(F)cc1)C(=O)Nc1ccc(F)cc1F. The van der Waals surface area contributed by atoms with E-state index in [1.807, 2.05) is 37.3 Å². The molecule has 1 heterocycles. The molecule has 7 nitrogen and oxygen atoms in total. The fourth-order valence-corrected chi connectivity index (χ4v) is 3.66. The molecule has 0 saturated heterocycles. The maximum atomic E-state index is 14.0. The highest BCUT2D eigenvalue weighted by Crippen LogP contribution is 2.25. The number of halogens is 3. The number of nitrogens with one attached hydrogen (secondary N) is 2. The van der Waals surface area contributed by atoms with Crippen molar-refractivity contribution in [2.75, 3.05) is 23.7 Å². The van der Waals surface area contributed by atoms with Crippen molar-refractivity contribution < 1.29 is 22.8 Å². The fourth-order valence-electron chi connectivity index (χ4n) is 3.66. The van der Waals surface area contributed by atoms with Crippen molar-refractivity contribution in [1.82, 2.24) is 14.7 Å². The van der Waals surface area contributed by atoms with Crippen molar-refractivity contribution >= 4 is 23.4 Å². The number of amides is 3. The van der Waals surface area contributed by atoms with Crippen LogP contribution < -0.4 is 10.6 Å². The lowest BCUT2D eigenvalue weighted by molar-refractivity contribution is -0.116. The second kappa shape index (κ2) is 11.4. The molecular formula is C27H24F3N5O2. The van der Waals surface area contributed by atoms with Crippen molar-refractivity contribution in [3.05, 3.63) is 96.3 Å². The molecule has 0 fully saturated rings. The Bertz CT molecular complexity index is 1390. The molecular weight excluding hydrogens is 483 g/mol. The number of nitrogens with zero attached hydrogens (tertiary/aromatic N) is 3. The van der Waals surface area contributed by atoms with E-state index in [2.05, 4.69) is 15.7 Å². The minimum absolute atomic E-state index is 0.199. The van der Waals surface area contributed by atoms with Gasteiger partial charge in [-0.3, -0.25) is 4.79 Å². The number of rotatable bonds is 8. The van der Waals surface area contributed by atoms with E-state index in [-0.39, 0.29) is 18.8 Å². The largest absolute Gasteiger partial charge is 0.322 e. The molecule has 10 heteroatoms. The summed E-state index contributed by atoms with van der Waals surface area (Å²) < 4.78 is 42.1. The fraction of sp³-hybridized carbons (Fsp3) is 0.148. The van der Waals surface area contributed by atoms with E-state index in [1.165, 1.54) is 33.8 Å². The molecule has 0 radical (unpaired) electrons. The second-order valence-electron chi connectivity index (χ2n) is 8.19. The molecule has 3 amide bonds. The molecule has 0 aliphatic rings. The Balaban J connectivity index is 1.55. The third-order valence-corrected chi connectivity index (χ3v) is 5.41. The molecule has 0 aliphatic carbocycles. The van der Waals surface area contributed by atoms with Gasteiger partial charge >= 0.3 is 6.03 Å². The van der Waals surface area contributed by atoms with E-state index in [4.69, 9.17) is 0 Å². The topological polar surface area (TPSA) is 79.3 Å². The molecule has 0 bridgehead atoms. The first-order valence-electron chi connectivity index (χ1n) is 11.6. The summed E-state index contributed by atoms with van der Waals surface area (Å²) in [5, 5.41) is 9.71. The zero-order valence-corrected chi connectivity index (χ0v) is 19.9. The number of aromatic nitrogens is 2.